The Bertz CT molecular complexity index is 880. The lowest BCUT2D eigenvalue weighted by Crippen LogP contribution is -2.26. The second kappa shape index (κ2) is 7.45. The molecule has 2 aromatic rings. The Kier molecular flexibility index (Phi) is 5.24. The molecule has 3 rings (SSSR count). The molecule has 0 spiro atoms. The summed E-state index contributed by atoms with van der Waals surface area (Å²) in [5, 5.41) is 31.7. The van der Waals surface area contributed by atoms with E-state index in [4.69, 9.17) is 4.74 Å². The summed E-state index contributed by atoms with van der Waals surface area (Å²) < 4.78 is 5.19. The summed E-state index contributed by atoms with van der Waals surface area (Å²) in [6, 6.07) is 5.03. The monoisotopic (exact) mass is 367 g/mol. The molecule has 3 N–H and O–H groups in total. The van der Waals surface area contributed by atoms with Crippen LogP contribution in [-0.4, -0.2) is 33.5 Å². The van der Waals surface area contributed by atoms with Gasteiger partial charge in [0.05, 0.1) is 19.4 Å². The quantitative estimate of drug-likeness (QED) is 0.707. The number of phenolic OH excluding ortho intramolecular Hbond substituents is 2. The van der Waals surface area contributed by atoms with E-state index in [-0.39, 0.29) is 23.3 Å². The average Bonchev–Trinajstić information content (AvgIpc) is 2.63. The van der Waals surface area contributed by atoms with Crippen molar-refractivity contribution in [1.82, 2.24) is 4.98 Å². The average molecular weight is 367 g/mol. The number of allylic oxidation sites excluding steroid dienone is 2. The smallest absolute Gasteiger partial charge is 0.137 e. The lowest BCUT2D eigenvalue weighted by atomic mass is 9.72. The second-order valence-corrected chi connectivity index (χ2v) is 7.18. The summed E-state index contributed by atoms with van der Waals surface area (Å²) in [6.45, 7) is 7.80. The van der Waals surface area contributed by atoms with Crippen LogP contribution in [-0.2, 0) is 0 Å². The van der Waals surface area contributed by atoms with Gasteiger partial charge in [0.25, 0.3) is 0 Å². The molecule has 1 aliphatic carbocycles. The number of phenols is 2. The summed E-state index contributed by atoms with van der Waals surface area (Å²) >= 11 is 0. The predicted molar refractivity (Wildman–Crippen MR) is 105 cm³/mol. The lowest BCUT2D eigenvalue weighted by molar-refractivity contribution is 0.168. The van der Waals surface area contributed by atoms with Crippen LogP contribution in [0.5, 0.6) is 17.2 Å². The third-order valence-electron chi connectivity index (χ3n) is 5.26. The molecular weight excluding hydrogens is 342 g/mol. The van der Waals surface area contributed by atoms with Gasteiger partial charge in [-0.25, -0.2) is 0 Å². The van der Waals surface area contributed by atoms with Crippen LogP contribution in [0.3, 0.4) is 0 Å². The first-order valence-electron chi connectivity index (χ1n) is 8.89. The number of pyridine rings is 1. The Labute approximate surface area is 159 Å². The number of hydrogen-bond acceptors (Lipinski definition) is 5. The number of hydrogen-bond donors (Lipinski definition) is 3. The van der Waals surface area contributed by atoms with Gasteiger partial charge in [-0.05, 0) is 55.5 Å². The van der Waals surface area contributed by atoms with E-state index in [2.05, 4.69) is 11.6 Å². The lowest BCUT2D eigenvalue weighted by Gasteiger charge is -2.34. The maximum atomic E-state index is 10.7. The highest BCUT2D eigenvalue weighted by Crippen LogP contribution is 2.47. The molecule has 5 heteroatoms. The molecule has 142 valence electrons. The van der Waals surface area contributed by atoms with Crippen molar-refractivity contribution >= 4 is 0 Å². The fourth-order valence-corrected chi connectivity index (χ4v) is 3.70. The number of aliphatic hydroxyl groups excluding tert-OH is 1. The van der Waals surface area contributed by atoms with E-state index in [0.29, 0.717) is 23.3 Å². The molecule has 0 amide bonds. The third-order valence-corrected chi connectivity index (χ3v) is 5.26. The van der Waals surface area contributed by atoms with Crippen LogP contribution < -0.4 is 4.74 Å². The zero-order valence-corrected chi connectivity index (χ0v) is 15.8. The molecule has 1 aromatic carbocycles. The van der Waals surface area contributed by atoms with Crippen LogP contribution in [0.4, 0.5) is 0 Å². The maximum absolute atomic E-state index is 10.7. The predicted octanol–water partition coefficient (Wildman–Crippen LogP) is 4.16. The second-order valence-electron chi connectivity index (χ2n) is 7.18. The van der Waals surface area contributed by atoms with Crippen LogP contribution in [0.15, 0.2) is 54.4 Å². The van der Waals surface area contributed by atoms with Crippen LogP contribution in [0.1, 0.15) is 31.7 Å². The standard InChI is InChI=1S/C22H25NO4/c1-12(2)17-9-19(24)13(3)5-18(17)22-20(25)7-14(8-21(22)26)15-6-16(27-4)11-23-10-15/h5-8,10-11,17-19,24-26H,1,9H2,2-4H3/t17-,18+,19-/m0/s1. The molecule has 0 fully saturated rings. The molecule has 27 heavy (non-hydrogen) atoms. The van der Waals surface area contributed by atoms with Gasteiger partial charge in [0.2, 0.25) is 0 Å². The zero-order chi connectivity index (χ0) is 19.7. The van der Waals surface area contributed by atoms with E-state index >= 15 is 0 Å². The number of aromatic nitrogens is 1. The molecule has 0 bridgehead atoms. The van der Waals surface area contributed by atoms with Gasteiger partial charge in [-0.3, -0.25) is 4.98 Å². The van der Waals surface area contributed by atoms with E-state index in [1.54, 1.807) is 37.7 Å². The largest absolute Gasteiger partial charge is 0.507 e. The Balaban J connectivity index is 2.08. The van der Waals surface area contributed by atoms with Crippen molar-refractivity contribution in [3.63, 3.8) is 0 Å². The van der Waals surface area contributed by atoms with Gasteiger partial charge in [0, 0.05) is 23.2 Å². The molecule has 1 aliphatic rings. The zero-order valence-electron chi connectivity index (χ0n) is 15.8. The summed E-state index contributed by atoms with van der Waals surface area (Å²) in [5.41, 5.74) is 3.56. The molecule has 1 aromatic heterocycles. The van der Waals surface area contributed by atoms with Crippen molar-refractivity contribution < 1.29 is 20.1 Å². The minimum absolute atomic E-state index is 0.00418. The minimum atomic E-state index is -0.533. The van der Waals surface area contributed by atoms with Crippen molar-refractivity contribution in [2.24, 2.45) is 5.92 Å². The number of ether oxygens (including phenoxy) is 1. The van der Waals surface area contributed by atoms with Gasteiger partial charge >= 0.3 is 0 Å². The van der Waals surface area contributed by atoms with Gasteiger partial charge in [-0.15, -0.1) is 0 Å². The topological polar surface area (TPSA) is 82.8 Å². The molecule has 5 nitrogen and oxygen atoms in total. The highest BCUT2D eigenvalue weighted by atomic mass is 16.5. The number of rotatable bonds is 4. The van der Waals surface area contributed by atoms with Crippen LogP contribution >= 0.6 is 0 Å². The van der Waals surface area contributed by atoms with Crippen LogP contribution in [0.2, 0.25) is 0 Å². The number of aliphatic hydroxyl groups is 1. The summed E-state index contributed by atoms with van der Waals surface area (Å²) in [6.07, 6.45) is 5.14. The van der Waals surface area contributed by atoms with Crippen molar-refractivity contribution in [2.75, 3.05) is 7.11 Å². The van der Waals surface area contributed by atoms with E-state index in [9.17, 15) is 15.3 Å². The number of benzene rings is 1. The molecule has 3 atom stereocenters. The fourth-order valence-electron chi connectivity index (χ4n) is 3.70. The first-order valence-corrected chi connectivity index (χ1v) is 8.89. The first kappa shape index (κ1) is 19.0. The number of methoxy groups -OCH3 is 1. The molecule has 1 heterocycles. The highest BCUT2D eigenvalue weighted by molar-refractivity contribution is 5.70. The molecule has 0 saturated heterocycles. The van der Waals surface area contributed by atoms with Crippen LogP contribution in [0.25, 0.3) is 11.1 Å². The Morgan fingerprint density at radius 3 is 2.41 bits per heavy atom. The summed E-state index contributed by atoms with van der Waals surface area (Å²) in [5.74, 6) is 0.292. The highest BCUT2D eigenvalue weighted by Gasteiger charge is 2.33. The number of nitrogens with zero attached hydrogens (tertiary/aromatic N) is 1. The van der Waals surface area contributed by atoms with Crippen LogP contribution in [0, 0.1) is 5.92 Å². The minimum Gasteiger partial charge on any atom is -0.507 e. The maximum Gasteiger partial charge on any atom is 0.137 e. The molecule has 0 saturated carbocycles. The molecule has 0 radical (unpaired) electrons. The normalized spacial score (nSPS) is 22.2. The van der Waals surface area contributed by atoms with Gasteiger partial charge in [-0.1, -0.05) is 18.2 Å². The van der Waals surface area contributed by atoms with Crippen molar-refractivity contribution in [3.8, 4) is 28.4 Å². The van der Waals surface area contributed by atoms with E-state index in [1.807, 2.05) is 19.9 Å². The molecule has 0 aliphatic heterocycles. The van der Waals surface area contributed by atoms with E-state index in [0.717, 1.165) is 16.7 Å². The van der Waals surface area contributed by atoms with Crippen molar-refractivity contribution in [2.45, 2.75) is 32.3 Å². The van der Waals surface area contributed by atoms with Gasteiger partial charge < -0.3 is 20.1 Å². The van der Waals surface area contributed by atoms with Crippen molar-refractivity contribution in [3.05, 3.63) is 60.0 Å². The van der Waals surface area contributed by atoms with Crippen molar-refractivity contribution in [1.29, 1.82) is 0 Å². The Morgan fingerprint density at radius 1 is 1.15 bits per heavy atom. The Hall–Kier alpha value is -2.79. The van der Waals surface area contributed by atoms with E-state index < -0.39 is 6.10 Å². The van der Waals surface area contributed by atoms with E-state index in [1.165, 1.54) is 0 Å². The SMILES string of the molecule is C=C(C)[C@@H]1C[C@H](O)C(C)=C[C@H]1c1c(O)cc(-c2cncc(OC)c2)cc1O. The first-order chi connectivity index (χ1) is 12.8. The number of aromatic hydroxyl groups is 2. The molecular formula is C22H25NO4. The molecule has 0 unspecified atom stereocenters. The summed E-state index contributed by atoms with van der Waals surface area (Å²) in [4.78, 5) is 4.12. The summed E-state index contributed by atoms with van der Waals surface area (Å²) in [7, 11) is 1.56. The van der Waals surface area contributed by atoms with Gasteiger partial charge in [0.1, 0.15) is 17.2 Å². The Morgan fingerprint density at radius 2 is 1.81 bits per heavy atom. The van der Waals surface area contributed by atoms with Gasteiger partial charge in [0.15, 0.2) is 0 Å². The third kappa shape index (κ3) is 3.69. The fraction of sp³-hybridized carbons (Fsp3) is 0.318. The van der Waals surface area contributed by atoms with Gasteiger partial charge in [-0.2, -0.15) is 0 Å².